The van der Waals surface area contributed by atoms with Crippen LogP contribution in [0.2, 0.25) is 20.1 Å². The third kappa shape index (κ3) is 5.15. The highest BCUT2D eigenvalue weighted by atomic mass is 127. The van der Waals surface area contributed by atoms with Crippen molar-refractivity contribution >= 4 is 74.7 Å². The molecule has 0 fully saturated rings. The first-order chi connectivity index (χ1) is 9.22. The predicted molar refractivity (Wildman–Crippen MR) is 99.5 cm³/mol. The minimum absolute atomic E-state index is 0.453. The Balaban J connectivity index is 0.000000200. The lowest BCUT2D eigenvalue weighted by Gasteiger charge is -2.01. The summed E-state index contributed by atoms with van der Waals surface area (Å²) < 4.78 is 0.923. The second-order valence-electron chi connectivity index (χ2n) is 4.18. The average Bonchev–Trinajstić information content (AvgIpc) is 2.33. The van der Waals surface area contributed by atoms with Crippen LogP contribution in [0.15, 0.2) is 24.3 Å². The molecule has 0 aliphatic heterocycles. The lowest BCUT2D eigenvalue weighted by molar-refractivity contribution is 1.46. The van der Waals surface area contributed by atoms with Crippen LogP contribution < -0.4 is 5.73 Å². The monoisotopic (exact) mass is 461 g/mol. The number of benzene rings is 2. The van der Waals surface area contributed by atoms with E-state index in [1.54, 1.807) is 12.1 Å². The van der Waals surface area contributed by atoms with Gasteiger partial charge in [-0.1, -0.05) is 46.4 Å². The topological polar surface area (TPSA) is 26.0 Å². The molecule has 2 N–H and O–H groups in total. The van der Waals surface area contributed by atoms with Crippen LogP contribution in [0.5, 0.6) is 0 Å². The molecule has 2 rings (SSSR count). The number of hydrogen-bond acceptors (Lipinski definition) is 1. The Morgan fingerprint density at radius 1 is 0.750 bits per heavy atom. The number of rotatable bonds is 0. The number of nitrogen functional groups attached to an aromatic ring is 1. The third-order valence-electron chi connectivity index (χ3n) is 2.35. The van der Waals surface area contributed by atoms with E-state index < -0.39 is 0 Å². The second kappa shape index (κ2) is 7.95. The maximum absolute atomic E-state index is 5.83. The molecule has 2 aromatic rings. The van der Waals surface area contributed by atoms with Gasteiger partial charge in [0.2, 0.25) is 0 Å². The molecule has 0 aliphatic carbocycles. The number of anilines is 1. The van der Waals surface area contributed by atoms with Crippen molar-refractivity contribution < 1.29 is 0 Å². The molecule has 2 aromatic carbocycles. The lowest BCUT2D eigenvalue weighted by atomic mass is 10.2. The van der Waals surface area contributed by atoms with Crippen LogP contribution in [0.1, 0.15) is 11.1 Å². The minimum Gasteiger partial charge on any atom is -0.396 e. The Hall–Kier alpha value is 0.130. The molecule has 0 atom stereocenters. The van der Waals surface area contributed by atoms with Crippen LogP contribution in [-0.4, -0.2) is 0 Å². The highest BCUT2D eigenvalue weighted by Gasteiger charge is 2.02. The van der Waals surface area contributed by atoms with Gasteiger partial charge in [0.05, 0.1) is 29.3 Å². The summed E-state index contributed by atoms with van der Waals surface area (Å²) >= 11 is 25.2. The largest absolute Gasteiger partial charge is 0.396 e. The van der Waals surface area contributed by atoms with Gasteiger partial charge in [0.25, 0.3) is 0 Å². The molecule has 20 heavy (non-hydrogen) atoms. The van der Waals surface area contributed by atoms with Gasteiger partial charge in [0, 0.05) is 0 Å². The van der Waals surface area contributed by atoms with Crippen molar-refractivity contribution in [1.29, 1.82) is 0 Å². The Bertz CT molecular complexity index is 527. The summed E-state index contributed by atoms with van der Waals surface area (Å²) in [5.41, 5.74) is 8.05. The molecule has 108 valence electrons. The summed E-state index contributed by atoms with van der Waals surface area (Å²) in [6.45, 7) is 3.88. The molecule has 0 aromatic heterocycles. The predicted octanol–water partition coefficient (Wildman–Crippen LogP) is 6.79. The second-order valence-corrected chi connectivity index (χ2v) is 6.89. The molecule has 0 radical (unpaired) electrons. The lowest BCUT2D eigenvalue weighted by Crippen LogP contribution is -1.87. The molecule has 0 amide bonds. The maximum atomic E-state index is 5.83. The molecule has 0 aliphatic rings. The average molecular weight is 463 g/mol. The standard InChI is InChI=1S/C7H5Cl2I.C7H7Cl2N/c2*1-4-2-5(8)7(10)6(9)3-4/h2-3H,1H3;2-3H,10H2,1H3. The van der Waals surface area contributed by atoms with Crippen molar-refractivity contribution in [3.05, 3.63) is 59.1 Å². The van der Waals surface area contributed by atoms with Crippen LogP contribution in [0.25, 0.3) is 0 Å². The molecule has 6 heteroatoms. The molecular weight excluding hydrogens is 451 g/mol. The highest BCUT2D eigenvalue weighted by Crippen LogP contribution is 2.28. The van der Waals surface area contributed by atoms with E-state index in [2.05, 4.69) is 22.6 Å². The fourth-order valence-corrected chi connectivity index (χ4v) is 2.90. The van der Waals surface area contributed by atoms with Crippen molar-refractivity contribution in [3.8, 4) is 0 Å². The van der Waals surface area contributed by atoms with Crippen molar-refractivity contribution in [3.63, 3.8) is 0 Å². The Kier molecular flexibility index (Phi) is 7.22. The van der Waals surface area contributed by atoms with Gasteiger partial charge in [-0.2, -0.15) is 0 Å². The quantitative estimate of drug-likeness (QED) is 0.260. The Labute approximate surface area is 152 Å². The van der Waals surface area contributed by atoms with Gasteiger partial charge in [-0.25, -0.2) is 0 Å². The first-order valence-corrected chi connectivity index (χ1v) is 8.13. The van der Waals surface area contributed by atoms with Crippen molar-refractivity contribution in [2.75, 3.05) is 5.73 Å². The van der Waals surface area contributed by atoms with Crippen molar-refractivity contribution in [1.82, 2.24) is 0 Å². The molecule has 0 spiro atoms. The molecule has 0 unspecified atom stereocenters. The maximum Gasteiger partial charge on any atom is 0.0693 e. The highest BCUT2D eigenvalue weighted by molar-refractivity contribution is 14.1. The van der Waals surface area contributed by atoms with Gasteiger partial charge in [0.15, 0.2) is 0 Å². The summed E-state index contributed by atoms with van der Waals surface area (Å²) in [5, 5.41) is 2.49. The van der Waals surface area contributed by atoms with E-state index in [0.717, 1.165) is 24.7 Å². The fraction of sp³-hybridized carbons (Fsp3) is 0.143. The SMILES string of the molecule is Cc1cc(Cl)c(I)c(Cl)c1.Cc1cc(Cl)c(N)c(Cl)c1. The van der Waals surface area contributed by atoms with Gasteiger partial charge < -0.3 is 5.73 Å². The number of halogens is 5. The summed E-state index contributed by atoms with van der Waals surface area (Å²) in [6, 6.07) is 7.36. The summed E-state index contributed by atoms with van der Waals surface area (Å²) in [4.78, 5) is 0. The van der Waals surface area contributed by atoms with Crippen molar-refractivity contribution in [2.45, 2.75) is 13.8 Å². The number of hydrogen-bond donors (Lipinski definition) is 1. The minimum atomic E-state index is 0.453. The molecule has 0 saturated carbocycles. The van der Waals surface area contributed by atoms with E-state index in [1.165, 1.54) is 0 Å². The van der Waals surface area contributed by atoms with Crippen molar-refractivity contribution in [2.24, 2.45) is 0 Å². The van der Waals surface area contributed by atoms with E-state index in [-0.39, 0.29) is 0 Å². The molecule has 0 heterocycles. The zero-order valence-electron chi connectivity index (χ0n) is 10.8. The van der Waals surface area contributed by atoms with Crippen LogP contribution in [0.4, 0.5) is 5.69 Å². The first-order valence-electron chi connectivity index (χ1n) is 5.54. The van der Waals surface area contributed by atoms with Crippen LogP contribution >= 0.6 is 69.0 Å². The molecule has 1 nitrogen and oxygen atoms in total. The number of nitrogens with two attached hydrogens (primary N) is 1. The Morgan fingerprint density at radius 3 is 1.40 bits per heavy atom. The van der Waals surface area contributed by atoms with E-state index in [4.69, 9.17) is 52.1 Å². The third-order valence-corrected chi connectivity index (χ3v) is 5.37. The van der Waals surface area contributed by atoms with Gasteiger partial charge in [0.1, 0.15) is 0 Å². The van der Waals surface area contributed by atoms with Crippen LogP contribution in [0.3, 0.4) is 0 Å². The van der Waals surface area contributed by atoms with Gasteiger partial charge >= 0.3 is 0 Å². The zero-order valence-corrected chi connectivity index (χ0v) is 16.0. The van der Waals surface area contributed by atoms with Gasteiger partial charge in [-0.3, -0.25) is 0 Å². The fourth-order valence-electron chi connectivity index (χ4n) is 1.39. The summed E-state index contributed by atoms with van der Waals surface area (Å²) in [6.07, 6.45) is 0. The van der Waals surface area contributed by atoms with E-state index >= 15 is 0 Å². The molecule has 0 saturated heterocycles. The Morgan fingerprint density at radius 2 is 1.05 bits per heavy atom. The zero-order chi connectivity index (χ0) is 15.4. The van der Waals surface area contributed by atoms with E-state index in [1.807, 2.05) is 26.0 Å². The van der Waals surface area contributed by atoms with E-state index in [9.17, 15) is 0 Å². The number of aryl methyl sites for hydroxylation is 2. The van der Waals surface area contributed by atoms with Gasteiger partial charge in [-0.15, -0.1) is 0 Å². The normalized spacial score (nSPS) is 9.95. The van der Waals surface area contributed by atoms with Crippen LogP contribution in [0, 0.1) is 17.4 Å². The summed E-state index contributed by atoms with van der Waals surface area (Å²) in [7, 11) is 0. The molecular formula is C14H12Cl4IN. The first kappa shape index (κ1) is 18.2. The smallest absolute Gasteiger partial charge is 0.0693 e. The summed E-state index contributed by atoms with van der Waals surface area (Å²) in [5.74, 6) is 0. The molecule has 0 bridgehead atoms. The van der Waals surface area contributed by atoms with E-state index in [0.29, 0.717) is 15.7 Å². The van der Waals surface area contributed by atoms with Crippen LogP contribution in [-0.2, 0) is 0 Å². The van der Waals surface area contributed by atoms with Gasteiger partial charge in [-0.05, 0) is 71.8 Å².